The maximum Gasteiger partial charge on any atom is 0.244 e. The highest BCUT2D eigenvalue weighted by atomic mass is 35.5. The van der Waals surface area contributed by atoms with Gasteiger partial charge in [-0.2, -0.15) is 0 Å². The minimum Gasteiger partial charge on any atom is -0.350 e. The fraction of sp³-hybridized carbons (Fsp3) is 0.417. The number of benzene rings is 2. The lowest BCUT2D eigenvalue weighted by atomic mass is 10.1. The van der Waals surface area contributed by atoms with Crippen LogP contribution in [0.25, 0.3) is 0 Å². The van der Waals surface area contributed by atoms with Crippen molar-refractivity contribution >= 4 is 39.1 Å². The summed E-state index contributed by atoms with van der Waals surface area (Å²) in [6.45, 7) is 8.25. The van der Waals surface area contributed by atoms with E-state index in [1.807, 2.05) is 20.8 Å². The van der Waals surface area contributed by atoms with Crippen LogP contribution in [0.5, 0.6) is 0 Å². The SMILES string of the molecule is Cc1ccc(N(CC(=O)N(Cc2ccc(F)cc2)C(C)C(=O)NC(C)(C)C)S(C)(=O)=O)cc1Cl. The van der Waals surface area contributed by atoms with Crippen molar-refractivity contribution in [1.82, 2.24) is 10.2 Å². The van der Waals surface area contributed by atoms with E-state index in [-0.39, 0.29) is 12.2 Å². The van der Waals surface area contributed by atoms with Gasteiger partial charge in [0.05, 0.1) is 11.9 Å². The van der Waals surface area contributed by atoms with Crippen LogP contribution in [0.15, 0.2) is 42.5 Å². The molecular weight excluding hydrogens is 481 g/mol. The van der Waals surface area contributed by atoms with Crippen molar-refractivity contribution in [3.8, 4) is 0 Å². The number of anilines is 1. The molecule has 186 valence electrons. The minimum absolute atomic E-state index is 0.00982. The molecule has 0 aliphatic carbocycles. The Morgan fingerprint density at radius 3 is 2.21 bits per heavy atom. The first-order valence-electron chi connectivity index (χ1n) is 10.7. The van der Waals surface area contributed by atoms with Gasteiger partial charge in [0, 0.05) is 17.1 Å². The van der Waals surface area contributed by atoms with E-state index in [0.29, 0.717) is 10.6 Å². The van der Waals surface area contributed by atoms with Crippen LogP contribution in [0.2, 0.25) is 5.02 Å². The lowest BCUT2D eigenvalue weighted by Crippen LogP contribution is -2.54. The average molecular weight is 512 g/mol. The van der Waals surface area contributed by atoms with E-state index in [1.165, 1.54) is 35.2 Å². The van der Waals surface area contributed by atoms with E-state index in [2.05, 4.69) is 5.32 Å². The van der Waals surface area contributed by atoms with E-state index in [0.717, 1.165) is 16.1 Å². The normalized spacial score (nSPS) is 12.7. The van der Waals surface area contributed by atoms with Gasteiger partial charge in [-0.1, -0.05) is 29.8 Å². The number of aryl methyl sites for hydroxylation is 1. The number of carbonyl (C=O) groups excluding carboxylic acids is 2. The van der Waals surface area contributed by atoms with Gasteiger partial charge >= 0.3 is 0 Å². The number of sulfonamides is 1. The van der Waals surface area contributed by atoms with Crippen LogP contribution in [-0.2, 0) is 26.2 Å². The van der Waals surface area contributed by atoms with Gasteiger partial charge in [0.15, 0.2) is 0 Å². The second-order valence-corrected chi connectivity index (χ2v) is 11.6. The summed E-state index contributed by atoms with van der Waals surface area (Å²) in [4.78, 5) is 27.6. The molecule has 10 heteroatoms. The van der Waals surface area contributed by atoms with Crippen LogP contribution in [0.1, 0.15) is 38.8 Å². The Morgan fingerprint density at radius 2 is 1.71 bits per heavy atom. The van der Waals surface area contributed by atoms with Gasteiger partial charge < -0.3 is 10.2 Å². The van der Waals surface area contributed by atoms with E-state index in [1.54, 1.807) is 26.0 Å². The fourth-order valence-corrected chi connectivity index (χ4v) is 4.21. The molecule has 1 atom stereocenters. The molecule has 0 bridgehead atoms. The highest BCUT2D eigenvalue weighted by molar-refractivity contribution is 7.92. The number of halogens is 2. The van der Waals surface area contributed by atoms with Crippen LogP contribution < -0.4 is 9.62 Å². The quantitative estimate of drug-likeness (QED) is 0.582. The van der Waals surface area contributed by atoms with Crippen molar-refractivity contribution in [3.63, 3.8) is 0 Å². The molecule has 0 aliphatic rings. The predicted molar refractivity (Wildman–Crippen MR) is 133 cm³/mol. The summed E-state index contributed by atoms with van der Waals surface area (Å²) in [5.41, 5.74) is 1.05. The molecule has 2 aromatic carbocycles. The Kier molecular flexibility index (Phi) is 8.71. The molecule has 0 spiro atoms. The first kappa shape index (κ1) is 27.6. The Hall–Kier alpha value is -2.65. The predicted octanol–water partition coefficient (Wildman–Crippen LogP) is 3.89. The van der Waals surface area contributed by atoms with E-state index < -0.39 is 45.8 Å². The van der Waals surface area contributed by atoms with Crippen molar-refractivity contribution < 1.29 is 22.4 Å². The molecule has 0 saturated heterocycles. The molecule has 2 rings (SSSR count). The maximum absolute atomic E-state index is 13.4. The minimum atomic E-state index is -3.85. The Labute approximate surface area is 205 Å². The van der Waals surface area contributed by atoms with Crippen molar-refractivity contribution in [2.75, 3.05) is 17.1 Å². The summed E-state index contributed by atoms with van der Waals surface area (Å²) in [5, 5.41) is 3.20. The molecule has 7 nitrogen and oxygen atoms in total. The zero-order chi connectivity index (χ0) is 25.8. The van der Waals surface area contributed by atoms with Gasteiger partial charge in [-0.15, -0.1) is 0 Å². The topological polar surface area (TPSA) is 86.8 Å². The van der Waals surface area contributed by atoms with Gasteiger partial charge in [0.2, 0.25) is 21.8 Å². The molecule has 0 heterocycles. The standard InChI is InChI=1S/C24H31ClFN3O4S/c1-16-7-12-20(13-21(16)25)29(34(6,32)33)15-22(30)28(14-18-8-10-19(26)11-9-18)17(2)23(31)27-24(3,4)5/h7-13,17H,14-15H2,1-6H3,(H,27,31). The highest BCUT2D eigenvalue weighted by Crippen LogP contribution is 2.25. The number of carbonyl (C=O) groups is 2. The molecule has 0 saturated carbocycles. The number of amides is 2. The van der Waals surface area contributed by atoms with E-state index in [9.17, 15) is 22.4 Å². The molecule has 0 radical (unpaired) electrons. The van der Waals surface area contributed by atoms with Crippen molar-refractivity contribution in [1.29, 1.82) is 0 Å². The first-order chi connectivity index (χ1) is 15.6. The second-order valence-electron chi connectivity index (χ2n) is 9.27. The van der Waals surface area contributed by atoms with E-state index >= 15 is 0 Å². The van der Waals surface area contributed by atoms with Crippen molar-refractivity contribution in [3.05, 3.63) is 64.4 Å². The largest absolute Gasteiger partial charge is 0.350 e. The summed E-state index contributed by atoms with van der Waals surface area (Å²) in [6, 6.07) is 9.33. The van der Waals surface area contributed by atoms with Gasteiger partial charge in [-0.05, 0) is 70.0 Å². The Bertz CT molecular complexity index is 1150. The molecule has 0 aliphatic heterocycles. The number of rotatable bonds is 8. The zero-order valence-electron chi connectivity index (χ0n) is 20.2. The molecule has 0 aromatic heterocycles. The van der Waals surface area contributed by atoms with Crippen LogP contribution in [0.3, 0.4) is 0 Å². The fourth-order valence-electron chi connectivity index (χ4n) is 3.19. The van der Waals surface area contributed by atoms with Crippen molar-refractivity contribution in [2.24, 2.45) is 0 Å². The lowest BCUT2D eigenvalue weighted by molar-refractivity contribution is -0.140. The van der Waals surface area contributed by atoms with E-state index in [4.69, 9.17) is 11.6 Å². The van der Waals surface area contributed by atoms with Gasteiger partial charge in [-0.25, -0.2) is 12.8 Å². The first-order valence-corrected chi connectivity index (χ1v) is 12.9. The summed E-state index contributed by atoms with van der Waals surface area (Å²) in [5.74, 6) is -1.42. The van der Waals surface area contributed by atoms with Crippen LogP contribution in [0, 0.1) is 12.7 Å². The third-order valence-corrected chi connectivity index (χ3v) is 6.60. The number of nitrogens with one attached hydrogen (secondary N) is 1. The monoisotopic (exact) mass is 511 g/mol. The summed E-state index contributed by atoms with van der Waals surface area (Å²) >= 11 is 6.18. The van der Waals surface area contributed by atoms with Crippen molar-refractivity contribution in [2.45, 2.75) is 52.7 Å². The smallest absolute Gasteiger partial charge is 0.244 e. The number of nitrogens with zero attached hydrogens (tertiary/aromatic N) is 2. The number of hydrogen-bond acceptors (Lipinski definition) is 4. The molecule has 2 aromatic rings. The van der Waals surface area contributed by atoms with Gasteiger partial charge in [0.1, 0.15) is 18.4 Å². The average Bonchev–Trinajstić information content (AvgIpc) is 2.71. The Morgan fingerprint density at radius 1 is 1.12 bits per heavy atom. The molecule has 1 N–H and O–H groups in total. The molecule has 34 heavy (non-hydrogen) atoms. The second kappa shape index (κ2) is 10.7. The summed E-state index contributed by atoms with van der Waals surface area (Å²) < 4.78 is 39.5. The summed E-state index contributed by atoms with van der Waals surface area (Å²) in [6.07, 6.45) is 0.994. The molecule has 1 unspecified atom stereocenters. The van der Waals surface area contributed by atoms with Crippen LogP contribution in [-0.4, -0.2) is 49.5 Å². The molecule has 0 fully saturated rings. The van der Waals surface area contributed by atoms with Crippen LogP contribution >= 0.6 is 11.6 Å². The molecule has 2 amide bonds. The third kappa shape index (κ3) is 7.70. The maximum atomic E-state index is 13.4. The Balaban J connectivity index is 2.41. The van der Waals surface area contributed by atoms with Gasteiger partial charge in [-0.3, -0.25) is 13.9 Å². The third-order valence-electron chi connectivity index (χ3n) is 5.05. The lowest BCUT2D eigenvalue weighted by Gasteiger charge is -2.33. The van der Waals surface area contributed by atoms with Gasteiger partial charge in [0.25, 0.3) is 0 Å². The number of hydrogen-bond donors (Lipinski definition) is 1. The highest BCUT2D eigenvalue weighted by Gasteiger charge is 2.31. The zero-order valence-corrected chi connectivity index (χ0v) is 21.8. The van der Waals surface area contributed by atoms with Crippen LogP contribution in [0.4, 0.5) is 10.1 Å². The summed E-state index contributed by atoms with van der Waals surface area (Å²) in [7, 11) is -3.85. The molecular formula is C24H31ClFN3O4S.